The molecule has 1 rings (SSSR count). The lowest BCUT2D eigenvalue weighted by molar-refractivity contribution is 1.43. The minimum Gasteiger partial charge on any atom is -0.397 e. The van der Waals surface area contributed by atoms with Crippen LogP contribution in [0.2, 0.25) is 0 Å². The molecule has 0 amide bonds. The van der Waals surface area contributed by atoms with E-state index < -0.39 is 0 Å². The van der Waals surface area contributed by atoms with Gasteiger partial charge >= 0.3 is 0 Å². The fourth-order valence-electron chi connectivity index (χ4n) is 0.818. The number of para-hydroxylation sites is 1. The first-order valence-corrected chi connectivity index (χ1v) is 3.11. The number of nitrogens with two attached hydrogens (primary N) is 3. The molecule has 15 heavy (non-hydrogen) atoms. The van der Waals surface area contributed by atoms with Crippen LogP contribution in [0.25, 0.3) is 0 Å². The molecule has 0 aliphatic rings. The Morgan fingerprint density at radius 3 is 1.80 bits per heavy atom. The molecule has 0 saturated carbocycles. The molecular formula is C7H14Cl4N4. The van der Waals surface area contributed by atoms with Crippen molar-refractivity contribution in [3.63, 3.8) is 0 Å². The van der Waals surface area contributed by atoms with Crippen LogP contribution in [-0.4, -0.2) is 5.84 Å². The second-order valence-electron chi connectivity index (χ2n) is 2.22. The molecule has 8 heteroatoms. The van der Waals surface area contributed by atoms with Crippen LogP contribution < -0.4 is 17.2 Å². The third kappa shape index (κ3) is 5.79. The van der Waals surface area contributed by atoms with Gasteiger partial charge in [-0.15, -0.1) is 49.6 Å². The zero-order valence-corrected chi connectivity index (χ0v) is 10.9. The van der Waals surface area contributed by atoms with E-state index in [-0.39, 0.29) is 55.5 Å². The van der Waals surface area contributed by atoms with Crippen LogP contribution in [0, 0.1) is 5.41 Å². The van der Waals surface area contributed by atoms with Crippen molar-refractivity contribution in [1.29, 1.82) is 5.41 Å². The van der Waals surface area contributed by atoms with E-state index in [1.807, 2.05) is 0 Å². The lowest BCUT2D eigenvalue weighted by Crippen LogP contribution is -2.14. The molecule has 0 radical (unpaired) electrons. The number of hydrogen-bond donors (Lipinski definition) is 4. The SMILES string of the molecule is Cl.Cl.Cl.Cl.N=C(N)c1cccc(N)c1N. The van der Waals surface area contributed by atoms with Gasteiger partial charge in [0, 0.05) is 5.56 Å². The van der Waals surface area contributed by atoms with Crippen molar-refractivity contribution in [2.75, 3.05) is 11.5 Å². The molecule has 4 nitrogen and oxygen atoms in total. The van der Waals surface area contributed by atoms with Gasteiger partial charge in [-0.3, -0.25) is 5.41 Å². The first-order valence-electron chi connectivity index (χ1n) is 3.11. The molecule has 0 bridgehead atoms. The maximum Gasteiger partial charge on any atom is 0.124 e. The second kappa shape index (κ2) is 9.98. The van der Waals surface area contributed by atoms with Gasteiger partial charge in [-0.2, -0.15) is 0 Å². The van der Waals surface area contributed by atoms with Crippen LogP contribution >= 0.6 is 49.6 Å². The Bertz CT molecular complexity index is 305. The zero-order valence-electron chi connectivity index (χ0n) is 7.60. The summed E-state index contributed by atoms with van der Waals surface area (Å²) in [4.78, 5) is 0. The van der Waals surface area contributed by atoms with Crippen molar-refractivity contribution in [3.05, 3.63) is 23.8 Å². The van der Waals surface area contributed by atoms with E-state index in [1.165, 1.54) is 0 Å². The zero-order chi connectivity index (χ0) is 8.43. The average Bonchev–Trinajstić information content (AvgIpc) is 1.94. The van der Waals surface area contributed by atoms with E-state index >= 15 is 0 Å². The monoisotopic (exact) mass is 294 g/mol. The largest absolute Gasteiger partial charge is 0.397 e. The number of rotatable bonds is 1. The predicted molar refractivity (Wildman–Crippen MR) is 75.3 cm³/mol. The lowest BCUT2D eigenvalue weighted by Gasteiger charge is -2.04. The second-order valence-corrected chi connectivity index (χ2v) is 2.22. The van der Waals surface area contributed by atoms with Gasteiger partial charge < -0.3 is 17.2 Å². The smallest absolute Gasteiger partial charge is 0.124 e. The Kier molecular flexibility index (Phi) is 15.9. The summed E-state index contributed by atoms with van der Waals surface area (Å²) in [6, 6.07) is 5.04. The van der Waals surface area contributed by atoms with Gasteiger partial charge in [0.25, 0.3) is 0 Å². The number of hydrogen-bond acceptors (Lipinski definition) is 3. The van der Waals surface area contributed by atoms with E-state index in [1.54, 1.807) is 18.2 Å². The maximum atomic E-state index is 7.12. The Labute approximate surface area is 113 Å². The molecule has 0 fully saturated rings. The van der Waals surface area contributed by atoms with Crippen LogP contribution in [0.1, 0.15) is 5.56 Å². The summed E-state index contributed by atoms with van der Waals surface area (Å²) in [5.74, 6) is -0.0604. The Balaban J connectivity index is -0.000000151. The molecule has 0 aromatic heterocycles. The van der Waals surface area contributed by atoms with Crippen LogP contribution in [0.15, 0.2) is 18.2 Å². The van der Waals surface area contributed by atoms with Crippen molar-refractivity contribution >= 4 is 66.8 Å². The van der Waals surface area contributed by atoms with Crippen molar-refractivity contribution in [3.8, 4) is 0 Å². The first kappa shape index (κ1) is 23.9. The third-order valence-electron chi connectivity index (χ3n) is 1.43. The minimum absolute atomic E-state index is 0. The molecule has 0 saturated heterocycles. The van der Waals surface area contributed by atoms with Crippen molar-refractivity contribution in [1.82, 2.24) is 0 Å². The van der Waals surface area contributed by atoms with Crippen LogP contribution in [0.4, 0.5) is 11.4 Å². The molecule has 90 valence electrons. The minimum atomic E-state index is -0.0604. The predicted octanol–water partition coefficient (Wildman–Crippen LogP) is 1.82. The van der Waals surface area contributed by atoms with Gasteiger partial charge in [0.05, 0.1) is 11.4 Å². The summed E-state index contributed by atoms with van der Waals surface area (Å²) in [6.45, 7) is 0. The quantitative estimate of drug-likeness (QED) is 0.361. The van der Waals surface area contributed by atoms with Gasteiger partial charge in [-0.05, 0) is 12.1 Å². The molecule has 0 heterocycles. The summed E-state index contributed by atoms with van der Waals surface area (Å²) in [5.41, 5.74) is 17.6. The summed E-state index contributed by atoms with van der Waals surface area (Å²) in [7, 11) is 0. The number of amidine groups is 1. The molecule has 0 unspecified atom stereocenters. The van der Waals surface area contributed by atoms with Crippen molar-refractivity contribution in [2.24, 2.45) is 5.73 Å². The van der Waals surface area contributed by atoms with E-state index in [0.717, 1.165) is 0 Å². The van der Waals surface area contributed by atoms with E-state index in [4.69, 9.17) is 22.6 Å². The van der Waals surface area contributed by atoms with Gasteiger partial charge in [-0.1, -0.05) is 6.07 Å². The van der Waals surface area contributed by atoms with E-state index in [9.17, 15) is 0 Å². The Hall–Kier alpha value is -0.550. The maximum absolute atomic E-state index is 7.12. The van der Waals surface area contributed by atoms with Gasteiger partial charge in [0.15, 0.2) is 0 Å². The van der Waals surface area contributed by atoms with Gasteiger partial charge in [-0.25, -0.2) is 0 Å². The summed E-state index contributed by atoms with van der Waals surface area (Å²) in [6.07, 6.45) is 0. The molecule has 7 N–H and O–H groups in total. The lowest BCUT2D eigenvalue weighted by atomic mass is 10.1. The number of nitrogens with one attached hydrogen (secondary N) is 1. The molecule has 0 atom stereocenters. The molecule has 0 aliphatic heterocycles. The normalized spacial score (nSPS) is 6.93. The highest BCUT2D eigenvalue weighted by molar-refractivity contribution is 6.02. The van der Waals surface area contributed by atoms with Crippen LogP contribution in [-0.2, 0) is 0 Å². The molecule has 1 aromatic rings. The highest BCUT2D eigenvalue weighted by atomic mass is 35.5. The number of halogens is 4. The Morgan fingerprint density at radius 1 is 1.00 bits per heavy atom. The highest BCUT2D eigenvalue weighted by Crippen LogP contribution is 2.18. The molecule has 1 aromatic carbocycles. The van der Waals surface area contributed by atoms with E-state index in [2.05, 4.69) is 0 Å². The number of nitrogen functional groups attached to an aromatic ring is 3. The average molecular weight is 296 g/mol. The van der Waals surface area contributed by atoms with Crippen molar-refractivity contribution in [2.45, 2.75) is 0 Å². The molecule has 0 spiro atoms. The van der Waals surface area contributed by atoms with Crippen LogP contribution in [0.3, 0.4) is 0 Å². The Morgan fingerprint density at radius 2 is 1.47 bits per heavy atom. The fourth-order valence-corrected chi connectivity index (χ4v) is 0.818. The van der Waals surface area contributed by atoms with Gasteiger partial charge in [0.2, 0.25) is 0 Å². The van der Waals surface area contributed by atoms with Crippen molar-refractivity contribution < 1.29 is 0 Å². The van der Waals surface area contributed by atoms with Gasteiger partial charge in [0.1, 0.15) is 5.84 Å². The standard InChI is InChI=1S/C7H10N4.4ClH/c8-5-3-1-2-4(6(5)9)7(10)11;;;;/h1-3H,8-9H2,(H3,10,11);4*1H. The number of benzene rings is 1. The highest BCUT2D eigenvalue weighted by Gasteiger charge is 2.02. The fraction of sp³-hybridized carbons (Fsp3) is 0. The third-order valence-corrected chi connectivity index (χ3v) is 1.43. The molecule has 0 aliphatic carbocycles. The molecular weight excluding hydrogens is 282 g/mol. The summed E-state index contributed by atoms with van der Waals surface area (Å²) in [5, 5.41) is 7.12. The first-order chi connectivity index (χ1) is 5.13. The van der Waals surface area contributed by atoms with Crippen LogP contribution in [0.5, 0.6) is 0 Å². The van der Waals surface area contributed by atoms with E-state index in [0.29, 0.717) is 16.9 Å². The topological polar surface area (TPSA) is 102 Å². The number of anilines is 2. The summed E-state index contributed by atoms with van der Waals surface area (Å²) < 4.78 is 0. The summed E-state index contributed by atoms with van der Waals surface area (Å²) >= 11 is 0.